The lowest BCUT2D eigenvalue weighted by Gasteiger charge is -2.27. The first-order valence-corrected chi connectivity index (χ1v) is 6.02. The average Bonchev–Trinajstić information content (AvgIpc) is 2.49. The van der Waals surface area contributed by atoms with Crippen molar-refractivity contribution in [3.8, 4) is 0 Å². The van der Waals surface area contributed by atoms with Gasteiger partial charge < -0.3 is 5.32 Å². The van der Waals surface area contributed by atoms with Gasteiger partial charge in [-0.2, -0.15) is 5.10 Å². The van der Waals surface area contributed by atoms with Crippen LogP contribution in [0.2, 0.25) is 0 Å². The van der Waals surface area contributed by atoms with Gasteiger partial charge in [-0.1, -0.05) is 0 Å². The van der Waals surface area contributed by atoms with Crippen molar-refractivity contribution in [1.29, 1.82) is 0 Å². The summed E-state index contributed by atoms with van der Waals surface area (Å²) in [4.78, 5) is 14.1. The van der Waals surface area contributed by atoms with Crippen molar-refractivity contribution in [1.82, 2.24) is 15.5 Å². The summed E-state index contributed by atoms with van der Waals surface area (Å²) in [7, 11) is 1.83. The quantitative estimate of drug-likeness (QED) is 0.828. The van der Waals surface area contributed by atoms with Crippen LogP contribution >= 0.6 is 0 Å². The molecule has 0 spiro atoms. The van der Waals surface area contributed by atoms with E-state index >= 15 is 0 Å². The molecule has 1 aliphatic heterocycles. The van der Waals surface area contributed by atoms with Crippen LogP contribution in [0.4, 0.5) is 5.82 Å². The number of aromatic nitrogens is 2. The van der Waals surface area contributed by atoms with Crippen molar-refractivity contribution in [3.63, 3.8) is 0 Å². The van der Waals surface area contributed by atoms with Crippen LogP contribution in [0.1, 0.15) is 26.2 Å². The third kappa shape index (κ3) is 2.44. The molecule has 1 N–H and O–H groups in total. The van der Waals surface area contributed by atoms with Gasteiger partial charge in [-0.3, -0.25) is 9.69 Å². The molecule has 2 atom stereocenters. The summed E-state index contributed by atoms with van der Waals surface area (Å²) in [5.41, 5.74) is 0. The fraction of sp³-hybridized carbons (Fsp3) is 0.583. The Bertz CT molecular complexity index is 381. The summed E-state index contributed by atoms with van der Waals surface area (Å²) in [5.74, 6) is 0.741. The Balaban J connectivity index is 2.31. The highest BCUT2D eigenvalue weighted by molar-refractivity contribution is 5.97. The van der Waals surface area contributed by atoms with Gasteiger partial charge in [0.15, 0.2) is 5.82 Å². The molecule has 5 heteroatoms. The molecule has 1 aromatic rings. The minimum absolute atomic E-state index is 0.0954. The molecular formula is C12H18N4O. The monoisotopic (exact) mass is 234 g/mol. The van der Waals surface area contributed by atoms with Gasteiger partial charge in [0, 0.05) is 12.2 Å². The molecule has 17 heavy (non-hydrogen) atoms. The molecule has 2 rings (SSSR count). The van der Waals surface area contributed by atoms with Crippen LogP contribution in [0.15, 0.2) is 18.3 Å². The van der Waals surface area contributed by atoms with E-state index in [0.717, 1.165) is 19.3 Å². The van der Waals surface area contributed by atoms with E-state index in [1.165, 1.54) is 0 Å². The topological polar surface area (TPSA) is 58.1 Å². The average molecular weight is 234 g/mol. The van der Waals surface area contributed by atoms with E-state index in [-0.39, 0.29) is 18.0 Å². The van der Waals surface area contributed by atoms with Crippen LogP contribution in [0.5, 0.6) is 0 Å². The molecular weight excluding hydrogens is 216 g/mol. The number of nitrogens with zero attached hydrogens (tertiary/aromatic N) is 3. The third-order valence-corrected chi connectivity index (χ3v) is 3.24. The van der Waals surface area contributed by atoms with E-state index in [1.54, 1.807) is 11.1 Å². The highest BCUT2D eigenvalue weighted by Gasteiger charge is 2.31. The number of carbonyl (C=O) groups is 1. The highest BCUT2D eigenvalue weighted by Crippen LogP contribution is 2.22. The summed E-state index contributed by atoms with van der Waals surface area (Å²) in [5, 5.41) is 11.0. The lowest BCUT2D eigenvalue weighted by atomic mass is 10.1. The first-order chi connectivity index (χ1) is 8.24. The molecule has 2 heterocycles. The Hall–Kier alpha value is -1.49. The number of amides is 1. The van der Waals surface area contributed by atoms with E-state index in [1.807, 2.05) is 19.2 Å². The first-order valence-electron chi connectivity index (χ1n) is 6.02. The van der Waals surface area contributed by atoms with Crippen LogP contribution in [-0.2, 0) is 4.79 Å². The van der Waals surface area contributed by atoms with Gasteiger partial charge in [0.2, 0.25) is 5.91 Å². The number of anilines is 1. The van der Waals surface area contributed by atoms with Crippen LogP contribution in [-0.4, -0.2) is 35.2 Å². The molecule has 1 aliphatic rings. The van der Waals surface area contributed by atoms with Crippen molar-refractivity contribution < 1.29 is 4.79 Å². The first kappa shape index (κ1) is 12.0. The van der Waals surface area contributed by atoms with Crippen molar-refractivity contribution in [2.75, 3.05) is 11.9 Å². The lowest BCUT2D eigenvalue weighted by molar-refractivity contribution is -0.120. The van der Waals surface area contributed by atoms with Gasteiger partial charge >= 0.3 is 0 Å². The van der Waals surface area contributed by atoms with E-state index in [0.29, 0.717) is 5.82 Å². The number of hydrogen-bond donors (Lipinski definition) is 1. The zero-order chi connectivity index (χ0) is 12.3. The van der Waals surface area contributed by atoms with Gasteiger partial charge in [0.05, 0.1) is 6.04 Å². The molecule has 1 saturated heterocycles. The van der Waals surface area contributed by atoms with Crippen molar-refractivity contribution in [2.24, 2.45) is 0 Å². The Morgan fingerprint density at radius 1 is 1.47 bits per heavy atom. The summed E-state index contributed by atoms with van der Waals surface area (Å²) in [6, 6.07) is 3.71. The Kier molecular flexibility index (Phi) is 3.68. The van der Waals surface area contributed by atoms with Crippen LogP contribution < -0.4 is 10.2 Å². The van der Waals surface area contributed by atoms with Crippen LogP contribution in [0.3, 0.4) is 0 Å². The van der Waals surface area contributed by atoms with Crippen molar-refractivity contribution >= 4 is 11.7 Å². The van der Waals surface area contributed by atoms with Gasteiger partial charge in [-0.15, -0.1) is 5.10 Å². The molecule has 0 bridgehead atoms. The predicted molar refractivity (Wildman–Crippen MR) is 65.7 cm³/mol. The summed E-state index contributed by atoms with van der Waals surface area (Å²) in [6.45, 7) is 2.06. The summed E-state index contributed by atoms with van der Waals surface area (Å²) < 4.78 is 0. The maximum absolute atomic E-state index is 12.4. The fourth-order valence-electron chi connectivity index (χ4n) is 2.28. The molecule has 0 radical (unpaired) electrons. The minimum Gasteiger partial charge on any atom is -0.309 e. The Labute approximate surface area is 101 Å². The maximum atomic E-state index is 12.4. The zero-order valence-electron chi connectivity index (χ0n) is 10.3. The second kappa shape index (κ2) is 5.23. The number of carbonyl (C=O) groups excluding carboxylic acids is 1. The maximum Gasteiger partial charge on any atom is 0.245 e. The summed E-state index contributed by atoms with van der Waals surface area (Å²) in [6.07, 6.45) is 4.55. The Morgan fingerprint density at radius 3 is 2.94 bits per heavy atom. The second-order valence-corrected chi connectivity index (χ2v) is 4.41. The normalized spacial score (nSPS) is 25.8. The number of nitrogens with one attached hydrogen (secondary N) is 1. The van der Waals surface area contributed by atoms with Gasteiger partial charge in [-0.25, -0.2) is 0 Å². The van der Waals surface area contributed by atoms with Crippen LogP contribution in [0.25, 0.3) is 0 Å². The minimum atomic E-state index is -0.109. The number of rotatable bonds is 2. The molecule has 0 saturated carbocycles. The Morgan fingerprint density at radius 2 is 2.29 bits per heavy atom. The van der Waals surface area contributed by atoms with Crippen molar-refractivity contribution in [2.45, 2.75) is 38.3 Å². The van der Waals surface area contributed by atoms with E-state index in [2.05, 4.69) is 22.4 Å². The molecule has 0 aromatic carbocycles. The number of likely N-dealkylation sites (N-methyl/N-ethyl adjacent to an activating group) is 1. The lowest BCUT2D eigenvalue weighted by Crippen LogP contribution is -2.47. The SMILES string of the molecule is CNC1CCCC(C)N(c2cccnn2)C1=O. The smallest absolute Gasteiger partial charge is 0.245 e. The molecule has 1 fully saturated rings. The molecule has 92 valence electrons. The van der Waals surface area contributed by atoms with E-state index in [9.17, 15) is 4.79 Å². The van der Waals surface area contributed by atoms with E-state index < -0.39 is 0 Å². The predicted octanol–water partition coefficient (Wildman–Crippen LogP) is 0.970. The standard InChI is InChI=1S/C12H18N4O/c1-9-5-3-6-10(13-2)12(17)16(9)11-7-4-8-14-15-11/h4,7-10,13H,3,5-6H2,1-2H3. The second-order valence-electron chi connectivity index (χ2n) is 4.41. The molecule has 1 aromatic heterocycles. The van der Waals surface area contributed by atoms with Crippen molar-refractivity contribution in [3.05, 3.63) is 18.3 Å². The molecule has 1 amide bonds. The van der Waals surface area contributed by atoms with Crippen LogP contribution in [0, 0.1) is 0 Å². The zero-order valence-corrected chi connectivity index (χ0v) is 10.3. The van der Waals surface area contributed by atoms with E-state index in [4.69, 9.17) is 0 Å². The van der Waals surface area contributed by atoms with Gasteiger partial charge in [0.1, 0.15) is 0 Å². The molecule has 2 unspecified atom stereocenters. The number of hydrogen-bond acceptors (Lipinski definition) is 4. The highest BCUT2D eigenvalue weighted by atomic mass is 16.2. The largest absolute Gasteiger partial charge is 0.309 e. The molecule has 5 nitrogen and oxygen atoms in total. The fourth-order valence-corrected chi connectivity index (χ4v) is 2.28. The molecule has 0 aliphatic carbocycles. The third-order valence-electron chi connectivity index (χ3n) is 3.24. The van der Waals surface area contributed by atoms with Gasteiger partial charge in [-0.05, 0) is 45.4 Å². The van der Waals surface area contributed by atoms with Gasteiger partial charge in [0.25, 0.3) is 0 Å². The summed E-state index contributed by atoms with van der Waals surface area (Å²) >= 11 is 0.